The molecular weight excluding hydrogens is 258 g/mol. The van der Waals surface area contributed by atoms with Crippen LogP contribution in [0, 0.1) is 10.1 Å². The van der Waals surface area contributed by atoms with Gasteiger partial charge in [0.1, 0.15) is 12.0 Å². The highest BCUT2D eigenvalue weighted by Crippen LogP contribution is 2.27. The van der Waals surface area contributed by atoms with Crippen LogP contribution in [0.4, 0.5) is 11.4 Å². The van der Waals surface area contributed by atoms with Crippen LogP contribution < -0.4 is 5.32 Å². The predicted octanol–water partition coefficient (Wildman–Crippen LogP) is 1.99. The molecule has 0 saturated heterocycles. The maximum Gasteiger partial charge on any atom is 0.292 e. The molecule has 2 rings (SSSR count). The monoisotopic (exact) mass is 267 g/mol. The molecule has 0 spiro atoms. The Bertz CT molecular complexity index is 583. The summed E-state index contributed by atoms with van der Waals surface area (Å²) in [4.78, 5) is 10.4. The quantitative estimate of drug-likeness (QED) is 0.676. The summed E-state index contributed by atoms with van der Waals surface area (Å²) in [7, 11) is 1.80. The minimum absolute atomic E-state index is 0.0263. The summed E-state index contributed by atoms with van der Waals surface area (Å²) in [5, 5.41) is 21.8. The van der Waals surface area contributed by atoms with Gasteiger partial charge in [0.05, 0.1) is 11.5 Å². The summed E-state index contributed by atoms with van der Waals surface area (Å²) < 4.78 is 1.73. The van der Waals surface area contributed by atoms with Crippen molar-refractivity contribution in [2.24, 2.45) is 7.05 Å². The fourth-order valence-corrected chi connectivity index (χ4v) is 1.62. The van der Waals surface area contributed by atoms with Crippen molar-refractivity contribution in [3.8, 4) is 0 Å². The Balaban J connectivity index is 2.20. The van der Waals surface area contributed by atoms with Crippen molar-refractivity contribution < 1.29 is 4.92 Å². The molecule has 2 aromatic rings. The number of aromatic nitrogens is 3. The number of nitro groups is 1. The second kappa shape index (κ2) is 5.01. The highest BCUT2D eigenvalue weighted by Gasteiger charge is 2.14. The van der Waals surface area contributed by atoms with E-state index in [2.05, 4.69) is 15.5 Å². The topological polar surface area (TPSA) is 85.9 Å². The number of aryl methyl sites for hydroxylation is 1. The van der Waals surface area contributed by atoms with E-state index in [1.807, 2.05) is 0 Å². The molecular formula is C10H10ClN5O2. The van der Waals surface area contributed by atoms with Gasteiger partial charge in [0.2, 0.25) is 0 Å². The number of hydrogen-bond acceptors (Lipinski definition) is 5. The van der Waals surface area contributed by atoms with Crippen LogP contribution in [0.15, 0.2) is 24.5 Å². The lowest BCUT2D eigenvalue weighted by molar-refractivity contribution is -0.384. The molecule has 1 aromatic carbocycles. The average Bonchev–Trinajstić information content (AvgIpc) is 2.72. The molecule has 1 N–H and O–H groups in total. The van der Waals surface area contributed by atoms with Crippen molar-refractivity contribution in [3.05, 3.63) is 45.5 Å². The van der Waals surface area contributed by atoms with Gasteiger partial charge in [-0.15, -0.1) is 10.2 Å². The lowest BCUT2D eigenvalue weighted by Gasteiger charge is -2.06. The summed E-state index contributed by atoms with van der Waals surface area (Å²) in [6.07, 6.45) is 1.56. The van der Waals surface area contributed by atoms with Crippen LogP contribution in [0.1, 0.15) is 5.82 Å². The number of rotatable bonds is 4. The van der Waals surface area contributed by atoms with E-state index < -0.39 is 4.92 Å². The molecule has 1 aromatic heterocycles. The third kappa shape index (κ3) is 2.57. The highest BCUT2D eigenvalue weighted by molar-refractivity contribution is 6.31. The molecule has 0 aliphatic heterocycles. The first kappa shape index (κ1) is 12.3. The fraction of sp³-hybridized carbons (Fsp3) is 0.200. The molecule has 0 aliphatic carbocycles. The molecule has 0 unspecified atom stereocenters. The third-order valence-corrected chi connectivity index (χ3v) is 2.63. The van der Waals surface area contributed by atoms with Crippen molar-refractivity contribution in [2.75, 3.05) is 5.32 Å². The molecule has 0 radical (unpaired) electrons. The number of nitrogens with zero attached hydrogens (tertiary/aromatic N) is 4. The van der Waals surface area contributed by atoms with E-state index >= 15 is 0 Å². The third-order valence-electron chi connectivity index (χ3n) is 2.40. The van der Waals surface area contributed by atoms with Gasteiger partial charge in [-0.3, -0.25) is 10.1 Å². The van der Waals surface area contributed by atoms with Gasteiger partial charge in [0, 0.05) is 18.1 Å². The molecule has 7 nitrogen and oxygen atoms in total. The lowest BCUT2D eigenvalue weighted by atomic mass is 10.2. The zero-order chi connectivity index (χ0) is 13.1. The molecule has 0 atom stereocenters. The Labute approximate surface area is 108 Å². The van der Waals surface area contributed by atoms with Crippen LogP contribution in [0.3, 0.4) is 0 Å². The number of anilines is 1. The summed E-state index contributed by atoms with van der Waals surface area (Å²) in [5.41, 5.74) is 0.331. The van der Waals surface area contributed by atoms with E-state index in [0.29, 0.717) is 23.1 Å². The van der Waals surface area contributed by atoms with E-state index in [9.17, 15) is 10.1 Å². The number of nitrogens with one attached hydrogen (secondary N) is 1. The molecule has 0 fully saturated rings. The molecule has 18 heavy (non-hydrogen) atoms. The second-order valence-electron chi connectivity index (χ2n) is 3.63. The van der Waals surface area contributed by atoms with Crippen molar-refractivity contribution in [1.29, 1.82) is 0 Å². The minimum Gasteiger partial charge on any atom is -0.372 e. The molecule has 0 amide bonds. The molecule has 1 heterocycles. The van der Waals surface area contributed by atoms with Crippen LogP contribution in [0.25, 0.3) is 0 Å². The van der Waals surface area contributed by atoms with E-state index in [1.165, 1.54) is 18.2 Å². The first-order valence-electron chi connectivity index (χ1n) is 5.08. The molecule has 0 bridgehead atoms. The molecule has 0 aliphatic rings. The minimum atomic E-state index is -0.463. The van der Waals surface area contributed by atoms with Gasteiger partial charge in [-0.1, -0.05) is 11.6 Å². The Kier molecular flexibility index (Phi) is 3.42. The molecule has 0 saturated carbocycles. The summed E-state index contributed by atoms with van der Waals surface area (Å²) in [5.74, 6) is 0.671. The van der Waals surface area contributed by atoms with E-state index in [1.54, 1.807) is 17.9 Å². The maximum absolute atomic E-state index is 10.9. The van der Waals surface area contributed by atoms with Gasteiger partial charge < -0.3 is 9.88 Å². The van der Waals surface area contributed by atoms with Gasteiger partial charge in [0.15, 0.2) is 5.82 Å². The largest absolute Gasteiger partial charge is 0.372 e. The first-order valence-corrected chi connectivity index (χ1v) is 5.46. The van der Waals surface area contributed by atoms with Crippen LogP contribution in [0.2, 0.25) is 5.02 Å². The number of nitro benzene ring substituents is 1. The molecule has 94 valence electrons. The Morgan fingerprint density at radius 1 is 1.56 bits per heavy atom. The first-order chi connectivity index (χ1) is 8.58. The van der Waals surface area contributed by atoms with E-state index in [0.717, 1.165) is 0 Å². The van der Waals surface area contributed by atoms with Crippen LogP contribution in [0.5, 0.6) is 0 Å². The van der Waals surface area contributed by atoms with Crippen LogP contribution >= 0.6 is 11.6 Å². The SMILES string of the molecule is Cn1cnnc1CNc1cc(Cl)ccc1[N+](=O)[O-]. The van der Waals surface area contributed by atoms with E-state index in [4.69, 9.17) is 11.6 Å². The number of halogens is 1. The van der Waals surface area contributed by atoms with Gasteiger partial charge in [-0.05, 0) is 12.1 Å². The second-order valence-corrected chi connectivity index (χ2v) is 4.07. The highest BCUT2D eigenvalue weighted by atomic mass is 35.5. The zero-order valence-electron chi connectivity index (χ0n) is 9.50. The van der Waals surface area contributed by atoms with Crippen molar-refractivity contribution in [1.82, 2.24) is 14.8 Å². The van der Waals surface area contributed by atoms with Gasteiger partial charge in [-0.2, -0.15) is 0 Å². The van der Waals surface area contributed by atoms with Crippen LogP contribution in [-0.2, 0) is 13.6 Å². The maximum atomic E-state index is 10.9. The standard InChI is InChI=1S/C10H10ClN5O2/c1-15-6-13-14-10(15)5-12-8-4-7(11)2-3-9(8)16(17)18/h2-4,6,12H,5H2,1H3. The van der Waals surface area contributed by atoms with E-state index in [-0.39, 0.29) is 5.69 Å². The summed E-state index contributed by atoms with van der Waals surface area (Å²) in [6.45, 7) is 0.331. The van der Waals surface area contributed by atoms with Gasteiger partial charge in [-0.25, -0.2) is 0 Å². The Morgan fingerprint density at radius 3 is 2.94 bits per heavy atom. The summed E-state index contributed by atoms with van der Waals surface area (Å²) >= 11 is 5.82. The zero-order valence-corrected chi connectivity index (χ0v) is 10.3. The predicted molar refractivity (Wildman–Crippen MR) is 66.4 cm³/mol. The van der Waals surface area contributed by atoms with Crippen molar-refractivity contribution in [2.45, 2.75) is 6.54 Å². The van der Waals surface area contributed by atoms with Crippen LogP contribution in [-0.4, -0.2) is 19.7 Å². The lowest BCUT2D eigenvalue weighted by Crippen LogP contribution is -2.07. The Hall–Kier alpha value is -2.15. The summed E-state index contributed by atoms with van der Waals surface area (Å²) in [6, 6.07) is 4.35. The average molecular weight is 268 g/mol. The Morgan fingerprint density at radius 2 is 2.33 bits per heavy atom. The van der Waals surface area contributed by atoms with Gasteiger partial charge in [0.25, 0.3) is 5.69 Å². The van der Waals surface area contributed by atoms with Crippen molar-refractivity contribution in [3.63, 3.8) is 0 Å². The fourth-order valence-electron chi connectivity index (χ4n) is 1.45. The number of benzene rings is 1. The molecule has 8 heteroatoms. The normalized spacial score (nSPS) is 10.3. The van der Waals surface area contributed by atoms with Gasteiger partial charge >= 0.3 is 0 Å². The van der Waals surface area contributed by atoms with Crippen molar-refractivity contribution >= 4 is 23.0 Å². The smallest absolute Gasteiger partial charge is 0.292 e. The number of hydrogen-bond donors (Lipinski definition) is 1.